The molecule has 1 aromatic rings. The van der Waals surface area contributed by atoms with Crippen molar-refractivity contribution in [2.75, 3.05) is 18.4 Å². The molecule has 3 heteroatoms. The maximum absolute atomic E-state index is 4.65. The minimum absolute atomic E-state index is 0.206. The van der Waals surface area contributed by atoms with Crippen molar-refractivity contribution in [3.05, 3.63) is 48.4 Å². The third kappa shape index (κ3) is 7.81. The Hall–Kier alpha value is -1.77. The topological polar surface area (TPSA) is 28.2 Å². The number of nitrogens with zero attached hydrogens (tertiary/aromatic N) is 2. The summed E-state index contributed by atoms with van der Waals surface area (Å²) in [5.74, 6) is 1.57. The predicted octanol–water partition coefficient (Wildman–Crippen LogP) is 7.77. The predicted molar refractivity (Wildman–Crippen MR) is 134 cm³/mol. The highest BCUT2D eigenvalue weighted by atomic mass is 15.1. The number of aromatic nitrogens is 1. The Labute approximate surface area is 187 Å². The van der Waals surface area contributed by atoms with Crippen molar-refractivity contribution in [1.82, 2.24) is 9.88 Å². The Morgan fingerprint density at radius 3 is 2.10 bits per heavy atom. The first-order valence-corrected chi connectivity index (χ1v) is 12.0. The first-order chi connectivity index (χ1) is 14.2. The number of hydrogen-bond acceptors (Lipinski definition) is 3. The first-order valence-electron chi connectivity index (χ1n) is 12.0. The van der Waals surface area contributed by atoms with E-state index in [0.717, 1.165) is 43.9 Å². The van der Waals surface area contributed by atoms with Gasteiger partial charge < -0.3 is 10.2 Å². The van der Waals surface area contributed by atoms with Crippen molar-refractivity contribution in [3.8, 4) is 0 Å². The van der Waals surface area contributed by atoms with Crippen LogP contribution in [0.1, 0.15) is 93.1 Å². The molecule has 0 bridgehead atoms. The number of hydrogen-bond donors (Lipinski definition) is 1. The molecule has 0 spiro atoms. The van der Waals surface area contributed by atoms with Crippen LogP contribution in [0.4, 0.5) is 5.82 Å². The lowest BCUT2D eigenvalue weighted by Crippen LogP contribution is -2.40. The summed E-state index contributed by atoms with van der Waals surface area (Å²) in [4.78, 5) is 7.13. The Kier molecular flexibility index (Phi) is 10.1. The Bertz CT molecular complexity index is 654. The lowest BCUT2D eigenvalue weighted by molar-refractivity contribution is 0.191. The molecule has 2 fully saturated rings. The minimum atomic E-state index is 0.206. The molecule has 2 aliphatic rings. The quantitative estimate of drug-likeness (QED) is 0.516. The molecule has 1 aliphatic heterocycles. The zero-order valence-electron chi connectivity index (χ0n) is 21.1. The normalized spacial score (nSPS) is 17.7. The van der Waals surface area contributed by atoms with Crippen LogP contribution in [-0.4, -0.2) is 23.0 Å². The number of nitrogens with one attached hydrogen (secondary N) is 1. The lowest BCUT2D eigenvalue weighted by Gasteiger charge is -2.42. The standard InChI is InChI=1S/C23H35N3.2C2H6/c1-17(15-22(3,4)5)26-13-11-23(6,12-14-26)20-9-10-21(24-16-20)25-18(2)19-7-8-19;2*1-2/h9-10,16,19H,1-2,7-8,11-15H2,3-6H3,(H,24,25);2*1-2H3. The molecule has 1 aliphatic carbocycles. The van der Waals surface area contributed by atoms with Crippen molar-refractivity contribution in [3.63, 3.8) is 0 Å². The fourth-order valence-electron chi connectivity index (χ4n) is 3.85. The van der Waals surface area contributed by atoms with Gasteiger partial charge >= 0.3 is 0 Å². The summed E-state index contributed by atoms with van der Waals surface area (Å²) in [6, 6.07) is 4.36. The van der Waals surface area contributed by atoms with Gasteiger partial charge in [-0.1, -0.05) is 74.6 Å². The second-order valence-corrected chi connectivity index (χ2v) is 9.71. The fraction of sp³-hybridized carbons (Fsp3) is 0.667. The molecule has 0 radical (unpaired) electrons. The molecule has 0 unspecified atom stereocenters. The van der Waals surface area contributed by atoms with Gasteiger partial charge in [-0.2, -0.15) is 0 Å². The van der Waals surface area contributed by atoms with Gasteiger partial charge in [-0.3, -0.25) is 0 Å². The number of pyridine rings is 1. The van der Waals surface area contributed by atoms with Gasteiger partial charge in [-0.05, 0) is 60.5 Å². The van der Waals surface area contributed by atoms with E-state index in [-0.39, 0.29) is 5.41 Å². The lowest BCUT2D eigenvalue weighted by atomic mass is 9.75. The summed E-state index contributed by atoms with van der Waals surface area (Å²) in [7, 11) is 0. The monoisotopic (exact) mass is 413 g/mol. The van der Waals surface area contributed by atoms with Gasteiger partial charge in [0.15, 0.2) is 0 Å². The molecule has 0 atom stereocenters. The molecule has 0 aromatic carbocycles. The van der Waals surface area contributed by atoms with Crippen molar-refractivity contribution in [2.45, 2.75) is 92.9 Å². The minimum Gasteiger partial charge on any atom is -0.375 e. The average molecular weight is 414 g/mol. The van der Waals surface area contributed by atoms with Gasteiger partial charge in [0, 0.05) is 30.7 Å². The third-order valence-electron chi connectivity index (χ3n) is 5.87. The van der Waals surface area contributed by atoms with E-state index in [1.165, 1.54) is 24.1 Å². The molecule has 2 heterocycles. The van der Waals surface area contributed by atoms with Crippen LogP contribution >= 0.6 is 0 Å². The van der Waals surface area contributed by atoms with Crippen molar-refractivity contribution >= 4 is 5.82 Å². The van der Waals surface area contributed by atoms with E-state index in [1.807, 2.05) is 27.7 Å². The summed E-state index contributed by atoms with van der Waals surface area (Å²) in [6.07, 6.45) is 7.95. The van der Waals surface area contributed by atoms with Gasteiger partial charge in [-0.25, -0.2) is 4.98 Å². The Morgan fingerprint density at radius 1 is 1.10 bits per heavy atom. The first kappa shape index (κ1) is 26.3. The van der Waals surface area contributed by atoms with Crippen LogP contribution in [0.25, 0.3) is 0 Å². The number of anilines is 1. The van der Waals surface area contributed by atoms with Crippen LogP contribution < -0.4 is 5.32 Å². The highest BCUT2D eigenvalue weighted by Crippen LogP contribution is 2.38. The van der Waals surface area contributed by atoms with E-state index in [0.29, 0.717) is 11.3 Å². The van der Waals surface area contributed by atoms with Gasteiger partial charge in [0.25, 0.3) is 0 Å². The van der Waals surface area contributed by atoms with E-state index < -0.39 is 0 Å². The molecule has 3 nitrogen and oxygen atoms in total. The molecule has 1 saturated carbocycles. The number of likely N-dealkylation sites (tertiary alicyclic amines) is 1. The average Bonchev–Trinajstić information content (AvgIpc) is 3.56. The zero-order valence-corrected chi connectivity index (χ0v) is 21.1. The van der Waals surface area contributed by atoms with Crippen LogP contribution in [0.5, 0.6) is 0 Å². The van der Waals surface area contributed by atoms with Gasteiger partial charge in [0.1, 0.15) is 5.82 Å². The van der Waals surface area contributed by atoms with Crippen molar-refractivity contribution in [2.24, 2.45) is 11.3 Å². The second kappa shape index (κ2) is 11.6. The molecular formula is C27H47N3. The molecule has 30 heavy (non-hydrogen) atoms. The van der Waals surface area contributed by atoms with Crippen LogP contribution in [-0.2, 0) is 5.41 Å². The van der Waals surface area contributed by atoms with E-state index in [1.54, 1.807) is 0 Å². The summed E-state index contributed by atoms with van der Waals surface area (Å²) >= 11 is 0. The second-order valence-electron chi connectivity index (χ2n) is 9.71. The van der Waals surface area contributed by atoms with E-state index in [4.69, 9.17) is 0 Å². The maximum atomic E-state index is 4.65. The van der Waals surface area contributed by atoms with Crippen molar-refractivity contribution in [1.29, 1.82) is 0 Å². The summed E-state index contributed by atoms with van der Waals surface area (Å²) in [5.41, 5.74) is 4.26. The molecule has 1 saturated heterocycles. The third-order valence-corrected chi connectivity index (χ3v) is 5.87. The SMILES string of the molecule is C=C(Nc1ccc(C2(C)CCN(C(=C)CC(C)(C)C)CC2)cn1)C1CC1.CC.CC. The molecule has 1 N–H and O–H groups in total. The highest BCUT2D eigenvalue weighted by Gasteiger charge is 2.33. The summed E-state index contributed by atoms with van der Waals surface area (Å²) in [6.45, 7) is 27.9. The molecule has 170 valence electrons. The maximum Gasteiger partial charge on any atom is 0.130 e. The van der Waals surface area contributed by atoms with Crippen molar-refractivity contribution < 1.29 is 0 Å². The van der Waals surface area contributed by atoms with Gasteiger partial charge in [-0.15, -0.1) is 0 Å². The summed E-state index contributed by atoms with van der Waals surface area (Å²) < 4.78 is 0. The smallest absolute Gasteiger partial charge is 0.130 e. The number of piperidine rings is 1. The zero-order chi connectivity index (χ0) is 22.9. The molecule has 0 amide bonds. The Morgan fingerprint density at radius 2 is 1.67 bits per heavy atom. The van der Waals surface area contributed by atoms with Gasteiger partial charge in [0.05, 0.1) is 0 Å². The van der Waals surface area contributed by atoms with E-state index >= 15 is 0 Å². The van der Waals surface area contributed by atoms with Crippen LogP contribution in [0.3, 0.4) is 0 Å². The molecular weight excluding hydrogens is 366 g/mol. The van der Waals surface area contributed by atoms with E-state index in [2.05, 4.69) is 74.4 Å². The highest BCUT2D eigenvalue weighted by molar-refractivity contribution is 5.43. The molecule has 1 aromatic heterocycles. The summed E-state index contributed by atoms with van der Waals surface area (Å²) in [5, 5.41) is 3.36. The van der Waals surface area contributed by atoms with Crippen LogP contribution in [0.15, 0.2) is 42.9 Å². The van der Waals surface area contributed by atoms with E-state index in [9.17, 15) is 0 Å². The number of allylic oxidation sites excluding steroid dienone is 2. The van der Waals surface area contributed by atoms with Crippen LogP contribution in [0.2, 0.25) is 0 Å². The van der Waals surface area contributed by atoms with Gasteiger partial charge in [0.2, 0.25) is 0 Å². The number of rotatable bonds is 6. The molecule has 3 rings (SSSR count). The fourth-order valence-corrected chi connectivity index (χ4v) is 3.85. The Balaban J connectivity index is 0.00000106. The van der Waals surface area contributed by atoms with Crippen LogP contribution in [0, 0.1) is 11.3 Å². The largest absolute Gasteiger partial charge is 0.375 e.